The van der Waals surface area contributed by atoms with Gasteiger partial charge in [0.15, 0.2) is 5.78 Å². The molecule has 3 aromatic rings. The summed E-state index contributed by atoms with van der Waals surface area (Å²) < 4.78 is 1.64. The molecule has 120 valence electrons. The highest BCUT2D eigenvalue weighted by molar-refractivity contribution is 6.31. The maximum Gasteiger partial charge on any atom is 0.185 e. The molecule has 1 N–H and O–H groups in total. The van der Waals surface area contributed by atoms with Crippen LogP contribution in [0.3, 0.4) is 0 Å². The van der Waals surface area contributed by atoms with Crippen molar-refractivity contribution in [1.29, 1.82) is 0 Å². The van der Waals surface area contributed by atoms with Crippen LogP contribution in [0, 0.1) is 6.92 Å². The molecule has 0 spiro atoms. The lowest BCUT2D eigenvalue weighted by Gasteiger charge is -2.02. The van der Waals surface area contributed by atoms with Crippen LogP contribution in [0.25, 0.3) is 11.8 Å². The first kappa shape index (κ1) is 16.0. The van der Waals surface area contributed by atoms with E-state index in [4.69, 9.17) is 11.6 Å². The summed E-state index contributed by atoms with van der Waals surface area (Å²) in [7, 11) is 0. The van der Waals surface area contributed by atoms with E-state index in [9.17, 15) is 9.90 Å². The highest BCUT2D eigenvalue weighted by atomic mass is 35.5. The Morgan fingerprint density at radius 2 is 1.79 bits per heavy atom. The quantitative estimate of drug-likeness (QED) is 0.565. The van der Waals surface area contributed by atoms with Gasteiger partial charge < -0.3 is 5.11 Å². The summed E-state index contributed by atoms with van der Waals surface area (Å²) in [4.78, 5) is 12.2. The number of phenolic OH excluding ortho intramolecular Hbond substituents is 1. The van der Waals surface area contributed by atoms with Crippen molar-refractivity contribution in [3.8, 4) is 11.4 Å². The smallest absolute Gasteiger partial charge is 0.185 e. The van der Waals surface area contributed by atoms with Crippen LogP contribution in [0.15, 0.2) is 60.7 Å². The number of aryl methyl sites for hydroxylation is 1. The summed E-state index contributed by atoms with van der Waals surface area (Å²) in [6.45, 7) is 1.84. The number of aromatic hydroxyl groups is 1. The summed E-state index contributed by atoms with van der Waals surface area (Å²) in [6, 6.07) is 15.7. The maximum atomic E-state index is 12.2. The average Bonchev–Trinajstić information content (AvgIpc) is 2.88. The van der Waals surface area contributed by atoms with Gasteiger partial charge in [0.25, 0.3) is 0 Å². The molecule has 1 heterocycles. The third-order valence-corrected chi connectivity index (χ3v) is 3.97. The molecule has 1 aromatic heterocycles. The number of rotatable bonds is 4. The van der Waals surface area contributed by atoms with Crippen LogP contribution in [-0.4, -0.2) is 20.7 Å². The van der Waals surface area contributed by atoms with Crippen molar-refractivity contribution in [3.05, 3.63) is 82.6 Å². The standard InChI is InChI=1S/C19H15ClN2O2/c1-13-17(11-12-18(24)14-7-9-16(23)10-8-14)19(20)22(21-13)15-5-3-2-4-6-15/h2-12,23H,1H3/b12-11+. The minimum Gasteiger partial charge on any atom is -0.508 e. The molecule has 0 unspecified atom stereocenters. The molecule has 4 nitrogen and oxygen atoms in total. The van der Waals surface area contributed by atoms with Crippen molar-refractivity contribution < 1.29 is 9.90 Å². The van der Waals surface area contributed by atoms with E-state index in [1.54, 1.807) is 22.9 Å². The zero-order chi connectivity index (χ0) is 17.1. The lowest BCUT2D eigenvalue weighted by atomic mass is 10.1. The fraction of sp³-hybridized carbons (Fsp3) is 0.0526. The number of ketones is 1. The summed E-state index contributed by atoms with van der Waals surface area (Å²) in [5.41, 5.74) is 2.79. The lowest BCUT2D eigenvalue weighted by Crippen LogP contribution is -1.95. The molecule has 2 aromatic carbocycles. The first-order valence-electron chi connectivity index (χ1n) is 7.38. The predicted molar refractivity (Wildman–Crippen MR) is 94.8 cm³/mol. The summed E-state index contributed by atoms with van der Waals surface area (Å²) in [5.74, 6) is -0.0449. The number of allylic oxidation sites excluding steroid dienone is 1. The molecule has 0 radical (unpaired) electrons. The Bertz CT molecular complexity index is 897. The molecule has 0 bridgehead atoms. The SMILES string of the molecule is Cc1nn(-c2ccccc2)c(Cl)c1/C=C/C(=O)c1ccc(O)cc1. The Kier molecular flexibility index (Phi) is 4.49. The molecule has 0 saturated carbocycles. The number of nitrogens with zero attached hydrogens (tertiary/aromatic N) is 2. The van der Waals surface area contributed by atoms with Gasteiger partial charge in [0.05, 0.1) is 11.4 Å². The Morgan fingerprint density at radius 1 is 1.12 bits per heavy atom. The van der Waals surface area contributed by atoms with Gasteiger partial charge in [-0.05, 0) is 55.5 Å². The van der Waals surface area contributed by atoms with Crippen LogP contribution in [0.5, 0.6) is 5.75 Å². The van der Waals surface area contributed by atoms with Crippen LogP contribution in [0.2, 0.25) is 5.15 Å². The second-order valence-corrected chi connectivity index (χ2v) is 5.64. The van der Waals surface area contributed by atoms with Crippen LogP contribution in [0.1, 0.15) is 21.6 Å². The van der Waals surface area contributed by atoms with Gasteiger partial charge in [0, 0.05) is 11.1 Å². The number of aromatic nitrogens is 2. The van der Waals surface area contributed by atoms with Crippen molar-refractivity contribution in [3.63, 3.8) is 0 Å². The number of halogens is 1. The molecule has 0 amide bonds. The Morgan fingerprint density at radius 3 is 2.46 bits per heavy atom. The molecule has 0 fully saturated rings. The largest absolute Gasteiger partial charge is 0.508 e. The normalized spacial score (nSPS) is 11.1. The van der Waals surface area contributed by atoms with E-state index in [2.05, 4.69) is 5.10 Å². The van der Waals surface area contributed by atoms with E-state index in [1.165, 1.54) is 18.2 Å². The lowest BCUT2D eigenvalue weighted by molar-refractivity contribution is 0.104. The second kappa shape index (κ2) is 6.72. The number of hydrogen-bond donors (Lipinski definition) is 1. The van der Waals surface area contributed by atoms with Crippen LogP contribution >= 0.6 is 11.6 Å². The van der Waals surface area contributed by atoms with Crippen molar-refractivity contribution in [1.82, 2.24) is 9.78 Å². The van der Waals surface area contributed by atoms with Gasteiger partial charge in [-0.3, -0.25) is 4.79 Å². The molecule has 0 aliphatic rings. The fourth-order valence-corrected chi connectivity index (χ4v) is 2.66. The summed E-state index contributed by atoms with van der Waals surface area (Å²) >= 11 is 6.42. The topological polar surface area (TPSA) is 55.1 Å². The summed E-state index contributed by atoms with van der Waals surface area (Å²) in [6.07, 6.45) is 3.12. The van der Waals surface area contributed by atoms with Gasteiger partial charge in [-0.1, -0.05) is 29.8 Å². The van der Waals surface area contributed by atoms with Crippen molar-refractivity contribution >= 4 is 23.5 Å². The van der Waals surface area contributed by atoms with E-state index < -0.39 is 0 Å². The molecular weight excluding hydrogens is 324 g/mol. The Hall–Kier alpha value is -2.85. The van der Waals surface area contributed by atoms with Crippen molar-refractivity contribution in [2.75, 3.05) is 0 Å². The minimum absolute atomic E-state index is 0.124. The highest BCUT2D eigenvalue weighted by Gasteiger charge is 2.12. The summed E-state index contributed by atoms with van der Waals surface area (Å²) in [5, 5.41) is 14.2. The van der Waals surface area contributed by atoms with E-state index in [-0.39, 0.29) is 11.5 Å². The van der Waals surface area contributed by atoms with Gasteiger partial charge in [-0.15, -0.1) is 0 Å². The van der Waals surface area contributed by atoms with Crippen molar-refractivity contribution in [2.45, 2.75) is 6.92 Å². The Balaban J connectivity index is 1.89. The number of para-hydroxylation sites is 1. The van der Waals surface area contributed by atoms with Crippen LogP contribution in [0.4, 0.5) is 0 Å². The van der Waals surface area contributed by atoms with Gasteiger partial charge in [0.2, 0.25) is 0 Å². The van der Waals surface area contributed by atoms with Crippen LogP contribution in [-0.2, 0) is 0 Å². The monoisotopic (exact) mass is 338 g/mol. The molecule has 0 aliphatic heterocycles. The third kappa shape index (κ3) is 3.24. The third-order valence-electron chi connectivity index (χ3n) is 3.60. The van der Waals surface area contributed by atoms with E-state index >= 15 is 0 Å². The van der Waals surface area contributed by atoms with Gasteiger partial charge in [-0.25, -0.2) is 4.68 Å². The molecule has 0 atom stereocenters. The zero-order valence-corrected chi connectivity index (χ0v) is 13.7. The first-order chi connectivity index (χ1) is 11.6. The number of benzene rings is 2. The van der Waals surface area contributed by atoms with Gasteiger partial charge in [0.1, 0.15) is 10.9 Å². The second-order valence-electron chi connectivity index (χ2n) is 5.28. The number of phenols is 1. The Labute approximate surface area is 144 Å². The fourth-order valence-electron chi connectivity index (χ4n) is 2.32. The molecule has 24 heavy (non-hydrogen) atoms. The number of hydrogen-bond acceptors (Lipinski definition) is 3. The average molecular weight is 339 g/mol. The molecule has 5 heteroatoms. The zero-order valence-electron chi connectivity index (χ0n) is 13.0. The molecule has 3 rings (SSSR count). The molecule has 0 saturated heterocycles. The predicted octanol–water partition coefficient (Wildman–Crippen LogP) is 4.44. The van der Waals surface area contributed by atoms with E-state index in [0.717, 1.165) is 11.4 Å². The molecule has 0 aliphatic carbocycles. The van der Waals surface area contributed by atoms with Crippen molar-refractivity contribution in [2.24, 2.45) is 0 Å². The minimum atomic E-state index is -0.169. The van der Waals surface area contributed by atoms with Gasteiger partial charge in [-0.2, -0.15) is 5.10 Å². The number of carbonyl (C=O) groups excluding carboxylic acids is 1. The maximum absolute atomic E-state index is 12.2. The first-order valence-corrected chi connectivity index (χ1v) is 7.76. The molecular formula is C19H15ClN2O2. The van der Waals surface area contributed by atoms with E-state index in [1.807, 2.05) is 37.3 Å². The van der Waals surface area contributed by atoms with Gasteiger partial charge >= 0.3 is 0 Å². The number of carbonyl (C=O) groups is 1. The highest BCUT2D eigenvalue weighted by Crippen LogP contribution is 2.25. The van der Waals surface area contributed by atoms with E-state index in [0.29, 0.717) is 16.3 Å². The van der Waals surface area contributed by atoms with Crippen LogP contribution < -0.4 is 0 Å².